The number of carbonyl (C=O) groups is 1. The largest absolute Gasteiger partial charge is 0.456 e. The second-order valence-electron chi connectivity index (χ2n) is 7.61. The van der Waals surface area contributed by atoms with E-state index in [1.54, 1.807) is 0 Å². The van der Waals surface area contributed by atoms with Gasteiger partial charge in [0.05, 0.1) is 6.42 Å². The lowest BCUT2D eigenvalue weighted by molar-refractivity contribution is -0.146. The number of hydrogen-bond acceptors (Lipinski definition) is 5. The summed E-state index contributed by atoms with van der Waals surface area (Å²) in [5.41, 5.74) is 3.39. The maximum Gasteiger partial charge on any atom is 0.307 e. The molecule has 5 nitrogen and oxygen atoms in total. The summed E-state index contributed by atoms with van der Waals surface area (Å²) in [6.07, 6.45) is 1.07. The summed E-state index contributed by atoms with van der Waals surface area (Å²) in [5, 5.41) is 0. The molecule has 5 heteroatoms. The van der Waals surface area contributed by atoms with Crippen LogP contribution in [0.2, 0.25) is 0 Å². The molecule has 0 aromatic heterocycles. The van der Waals surface area contributed by atoms with E-state index in [1.807, 2.05) is 0 Å². The molecule has 0 unspecified atom stereocenters. The minimum absolute atomic E-state index is 0.149. The van der Waals surface area contributed by atoms with Gasteiger partial charge in [-0.1, -0.05) is 0 Å². The molecule has 0 N–H and O–H groups in total. The maximum absolute atomic E-state index is 12.2. The molecule has 2 aliphatic heterocycles. The molecule has 1 saturated heterocycles. The zero-order chi connectivity index (χ0) is 20.6. The minimum atomic E-state index is -0.746. The number of benzene rings is 2. The van der Waals surface area contributed by atoms with Crippen LogP contribution in [0, 0.1) is 0 Å². The normalized spacial score (nSPS) is 16.1. The summed E-state index contributed by atoms with van der Waals surface area (Å²) in [7, 11) is 0. The molecular weight excluding hydrogens is 364 g/mol. The number of anilines is 2. The van der Waals surface area contributed by atoms with Gasteiger partial charge in [-0.25, -0.2) is 0 Å². The molecule has 1 spiro atoms. The van der Waals surface area contributed by atoms with Gasteiger partial charge < -0.3 is 19.3 Å². The lowest BCUT2D eigenvalue weighted by atomic mass is 9.81. The number of esters is 1. The van der Waals surface area contributed by atoms with Crippen molar-refractivity contribution in [1.29, 1.82) is 0 Å². The van der Waals surface area contributed by atoms with Gasteiger partial charge >= 0.3 is 5.97 Å². The second-order valence-corrected chi connectivity index (χ2v) is 7.61. The van der Waals surface area contributed by atoms with Crippen LogP contribution in [-0.4, -0.2) is 32.1 Å². The topological polar surface area (TPSA) is 42.0 Å². The number of ether oxygens (including phenoxy) is 2. The number of carbonyl (C=O) groups excluding carboxylic acids is 1. The van der Waals surface area contributed by atoms with Crippen molar-refractivity contribution in [2.75, 3.05) is 36.0 Å². The Hall–Kier alpha value is -2.69. The van der Waals surface area contributed by atoms with Crippen LogP contribution in [0.5, 0.6) is 11.5 Å². The predicted octanol–water partition coefficient (Wildman–Crippen LogP) is 5.07. The zero-order valence-corrected chi connectivity index (χ0v) is 17.8. The monoisotopic (exact) mass is 394 g/mol. The first-order valence-electron chi connectivity index (χ1n) is 10.7. The first-order valence-corrected chi connectivity index (χ1v) is 10.7. The van der Waals surface area contributed by atoms with Gasteiger partial charge in [0.2, 0.25) is 0 Å². The third kappa shape index (κ3) is 3.13. The molecule has 1 fully saturated rings. The van der Waals surface area contributed by atoms with Crippen molar-refractivity contribution in [3.05, 3.63) is 47.5 Å². The van der Waals surface area contributed by atoms with E-state index in [-0.39, 0.29) is 5.97 Å². The molecule has 0 amide bonds. The average Bonchev–Trinajstić information content (AvgIpc) is 3.12. The second kappa shape index (κ2) is 7.62. The Labute approximate surface area is 173 Å². The lowest BCUT2D eigenvalue weighted by Gasteiger charge is -2.37. The number of hydrogen-bond donors (Lipinski definition) is 0. The van der Waals surface area contributed by atoms with Crippen molar-refractivity contribution in [2.45, 2.75) is 46.1 Å². The van der Waals surface area contributed by atoms with E-state index in [0.717, 1.165) is 60.2 Å². The van der Waals surface area contributed by atoms with Crippen LogP contribution < -0.4 is 14.5 Å². The Morgan fingerprint density at radius 3 is 1.69 bits per heavy atom. The Kier molecular flexibility index (Phi) is 5.15. The van der Waals surface area contributed by atoms with Crippen LogP contribution in [0.1, 0.15) is 51.7 Å². The fraction of sp³-hybridized carbons (Fsp3) is 0.458. The molecule has 2 aliphatic rings. The Morgan fingerprint density at radius 1 is 0.828 bits per heavy atom. The summed E-state index contributed by atoms with van der Waals surface area (Å²) >= 11 is 0. The van der Waals surface area contributed by atoms with Gasteiger partial charge in [0.15, 0.2) is 5.60 Å². The van der Waals surface area contributed by atoms with Gasteiger partial charge in [-0.05, 0) is 52.0 Å². The van der Waals surface area contributed by atoms with Gasteiger partial charge in [-0.2, -0.15) is 0 Å². The maximum atomic E-state index is 12.2. The third-order valence-electron chi connectivity index (χ3n) is 6.25. The molecule has 0 radical (unpaired) electrons. The minimum Gasteiger partial charge on any atom is -0.456 e. The van der Waals surface area contributed by atoms with E-state index < -0.39 is 5.60 Å². The molecule has 0 saturated carbocycles. The van der Waals surface area contributed by atoms with E-state index >= 15 is 0 Å². The van der Waals surface area contributed by atoms with Gasteiger partial charge in [0.1, 0.15) is 11.5 Å². The van der Waals surface area contributed by atoms with Crippen LogP contribution >= 0.6 is 0 Å². The Balaban J connectivity index is 1.85. The smallest absolute Gasteiger partial charge is 0.307 e. The molecule has 0 bridgehead atoms. The Bertz CT molecular complexity index is 855. The van der Waals surface area contributed by atoms with Crippen molar-refractivity contribution in [3.8, 4) is 11.5 Å². The lowest BCUT2D eigenvalue weighted by Crippen LogP contribution is -2.32. The highest BCUT2D eigenvalue weighted by Gasteiger charge is 2.49. The quantitative estimate of drug-likeness (QED) is 0.640. The molecule has 0 aliphatic carbocycles. The van der Waals surface area contributed by atoms with Crippen molar-refractivity contribution < 1.29 is 14.3 Å². The highest BCUT2D eigenvalue weighted by molar-refractivity contribution is 5.76. The summed E-state index contributed by atoms with van der Waals surface area (Å²) in [6.45, 7) is 12.3. The molecule has 4 rings (SSSR count). The predicted molar refractivity (Wildman–Crippen MR) is 116 cm³/mol. The van der Waals surface area contributed by atoms with Crippen LogP contribution in [0.15, 0.2) is 36.4 Å². The fourth-order valence-electron chi connectivity index (χ4n) is 4.65. The summed E-state index contributed by atoms with van der Waals surface area (Å²) in [6, 6.07) is 12.5. The van der Waals surface area contributed by atoms with E-state index in [0.29, 0.717) is 12.8 Å². The average molecular weight is 395 g/mol. The highest BCUT2D eigenvalue weighted by atomic mass is 16.6. The molecular formula is C24H30N2O3. The number of fused-ring (bicyclic) bond motifs is 4. The van der Waals surface area contributed by atoms with E-state index in [9.17, 15) is 4.79 Å². The molecule has 2 aromatic carbocycles. The van der Waals surface area contributed by atoms with E-state index in [1.165, 1.54) is 0 Å². The van der Waals surface area contributed by atoms with E-state index in [4.69, 9.17) is 9.47 Å². The van der Waals surface area contributed by atoms with Crippen LogP contribution in [0.25, 0.3) is 0 Å². The van der Waals surface area contributed by atoms with Gasteiger partial charge in [-0.3, -0.25) is 4.79 Å². The third-order valence-corrected chi connectivity index (χ3v) is 6.25. The summed E-state index contributed by atoms with van der Waals surface area (Å²) in [5.74, 6) is 1.42. The molecule has 154 valence electrons. The number of rotatable bonds is 6. The van der Waals surface area contributed by atoms with Crippen molar-refractivity contribution >= 4 is 17.3 Å². The SMILES string of the molecule is CCN(CC)c1ccc2c(c1)Oc1cc(N(CC)CC)ccc1C21CCC(=O)O1. The van der Waals surface area contributed by atoms with Crippen molar-refractivity contribution in [1.82, 2.24) is 0 Å². The summed E-state index contributed by atoms with van der Waals surface area (Å²) < 4.78 is 12.4. The highest BCUT2D eigenvalue weighted by Crippen LogP contribution is 2.54. The van der Waals surface area contributed by atoms with Gasteiger partial charge in [-0.15, -0.1) is 0 Å². The molecule has 2 heterocycles. The van der Waals surface area contributed by atoms with Gasteiger partial charge in [0.25, 0.3) is 0 Å². The fourth-order valence-corrected chi connectivity index (χ4v) is 4.65. The molecule has 29 heavy (non-hydrogen) atoms. The Morgan fingerprint density at radius 2 is 1.31 bits per heavy atom. The standard InChI is InChI=1S/C24H30N2O3/c1-5-25(6-2)17-9-11-19-21(15-17)28-22-16-18(26(7-3)8-4)10-12-20(22)24(19)14-13-23(27)29-24/h9-12,15-16H,5-8,13-14H2,1-4H3. The van der Waals surface area contributed by atoms with Crippen LogP contribution in [-0.2, 0) is 15.1 Å². The molecule has 0 atom stereocenters. The number of nitrogens with zero attached hydrogens (tertiary/aromatic N) is 2. The van der Waals surface area contributed by atoms with Crippen LogP contribution in [0.3, 0.4) is 0 Å². The van der Waals surface area contributed by atoms with Crippen molar-refractivity contribution in [2.24, 2.45) is 0 Å². The van der Waals surface area contributed by atoms with Gasteiger partial charge in [0, 0.05) is 67.2 Å². The first-order chi connectivity index (χ1) is 14.1. The summed E-state index contributed by atoms with van der Waals surface area (Å²) in [4.78, 5) is 16.8. The van der Waals surface area contributed by atoms with Crippen molar-refractivity contribution in [3.63, 3.8) is 0 Å². The van der Waals surface area contributed by atoms with E-state index in [2.05, 4.69) is 73.9 Å². The zero-order valence-electron chi connectivity index (χ0n) is 17.8. The van der Waals surface area contributed by atoms with Crippen LogP contribution in [0.4, 0.5) is 11.4 Å². The first kappa shape index (κ1) is 19.6. The molecule has 2 aromatic rings.